The Morgan fingerprint density at radius 2 is 1.89 bits per heavy atom. The van der Waals surface area contributed by atoms with E-state index in [-0.39, 0.29) is 5.56 Å². The van der Waals surface area contributed by atoms with Crippen molar-refractivity contribution in [1.82, 2.24) is 9.66 Å². The SMILES string of the molecule is CCN(CC)c1ccc(C=Nn2c(C)nc3sc4c(c3c2=O)CCCC4)cc1. The maximum absolute atomic E-state index is 13.1. The van der Waals surface area contributed by atoms with Gasteiger partial charge < -0.3 is 4.90 Å². The van der Waals surface area contributed by atoms with Crippen molar-refractivity contribution in [1.29, 1.82) is 0 Å². The molecule has 0 radical (unpaired) electrons. The van der Waals surface area contributed by atoms with Crippen molar-refractivity contribution in [2.75, 3.05) is 18.0 Å². The number of thiophene rings is 1. The van der Waals surface area contributed by atoms with E-state index in [2.05, 4.69) is 41.0 Å². The van der Waals surface area contributed by atoms with Gasteiger partial charge in [0.05, 0.1) is 11.6 Å². The lowest BCUT2D eigenvalue weighted by Gasteiger charge is -2.20. The van der Waals surface area contributed by atoms with Gasteiger partial charge in [0.2, 0.25) is 0 Å². The predicted octanol–water partition coefficient (Wildman–Crippen LogP) is 4.37. The van der Waals surface area contributed by atoms with Crippen LogP contribution in [0.4, 0.5) is 5.69 Å². The molecule has 0 amide bonds. The Kier molecular flexibility index (Phi) is 5.31. The van der Waals surface area contributed by atoms with E-state index in [0.717, 1.165) is 48.1 Å². The van der Waals surface area contributed by atoms with E-state index in [1.54, 1.807) is 17.6 Å². The number of aromatic nitrogens is 2. The number of hydrogen-bond donors (Lipinski definition) is 0. The molecule has 0 saturated heterocycles. The smallest absolute Gasteiger partial charge is 0.283 e. The van der Waals surface area contributed by atoms with Crippen LogP contribution in [0.25, 0.3) is 10.2 Å². The summed E-state index contributed by atoms with van der Waals surface area (Å²) in [5.41, 5.74) is 3.33. The molecule has 1 aromatic carbocycles. The minimum absolute atomic E-state index is 0.0436. The van der Waals surface area contributed by atoms with Crippen molar-refractivity contribution < 1.29 is 0 Å². The molecule has 0 unspecified atom stereocenters. The van der Waals surface area contributed by atoms with Crippen LogP contribution in [0.15, 0.2) is 34.2 Å². The van der Waals surface area contributed by atoms with Gasteiger partial charge in [-0.3, -0.25) is 4.79 Å². The van der Waals surface area contributed by atoms with Crippen LogP contribution >= 0.6 is 11.3 Å². The first-order valence-corrected chi connectivity index (χ1v) is 10.9. The van der Waals surface area contributed by atoms with E-state index in [0.29, 0.717) is 5.82 Å². The number of hydrogen-bond acceptors (Lipinski definition) is 5. The van der Waals surface area contributed by atoms with Gasteiger partial charge in [-0.15, -0.1) is 11.3 Å². The highest BCUT2D eigenvalue weighted by Crippen LogP contribution is 2.33. The second kappa shape index (κ2) is 7.87. The Balaban J connectivity index is 1.68. The molecular weight excluding hydrogens is 368 g/mol. The summed E-state index contributed by atoms with van der Waals surface area (Å²) in [5, 5.41) is 5.25. The molecule has 1 aliphatic carbocycles. The van der Waals surface area contributed by atoms with Gasteiger partial charge in [-0.25, -0.2) is 4.98 Å². The highest BCUT2D eigenvalue weighted by atomic mass is 32.1. The number of benzene rings is 1. The summed E-state index contributed by atoms with van der Waals surface area (Å²) < 4.78 is 1.45. The van der Waals surface area contributed by atoms with E-state index in [9.17, 15) is 4.79 Å². The molecule has 2 aromatic heterocycles. The highest BCUT2D eigenvalue weighted by molar-refractivity contribution is 7.18. The lowest BCUT2D eigenvalue weighted by Crippen LogP contribution is -2.21. The third-order valence-corrected chi connectivity index (χ3v) is 6.66. The van der Waals surface area contributed by atoms with Crippen LogP contribution in [0.3, 0.4) is 0 Å². The van der Waals surface area contributed by atoms with E-state index >= 15 is 0 Å². The Bertz CT molecular complexity index is 1070. The molecule has 0 saturated carbocycles. The summed E-state index contributed by atoms with van der Waals surface area (Å²) in [6, 6.07) is 8.27. The van der Waals surface area contributed by atoms with Crippen molar-refractivity contribution in [3.8, 4) is 0 Å². The average Bonchev–Trinajstić information content (AvgIpc) is 3.08. The van der Waals surface area contributed by atoms with Gasteiger partial charge in [-0.1, -0.05) is 12.1 Å². The average molecular weight is 395 g/mol. The Morgan fingerprint density at radius 3 is 2.61 bits per heavy atom. The van der Waals surface area contributed by atoms with Gasteiger partial charge in [0.15, 0.2) is 0 Å². The van der Waals surface area contributed by atoms with Crippen LogP contribution in [-0.2, 0) is 12.8 Å². The van der Waals surface area contributed by atoms with Gasteiger partial charge >= 0.3 is 0 Å². The normalized spacial score (nSPS) is 14.0. The van der Waals surface area contributed by atoms with Crippen molar-refractivity contribution in [2.24, 2.45) is 5.10 Å². The number of fused-ring (bicyclic) bond motifs is 3. The maximum Gasteiger partial charge on any atom is 0.283 e. The van der Waals surface area contributed by atoms with Crippen LogP contribution in [-0.4, -0.2) is 29.0 Å². The summed E-state index contributed by atoms with van der Waals surface area (Å²) in [4.78, 5) is 22.3. The summed E-state index contributed by atoms with van der Waals surface area (Å²) in [5.74, 6) is 0.632. The molecule has 146 valence electrons. The van der Waals surface area contributed by atoms with Crippen molar-refractivity contribution in [3.63, 3.8) is 0 Å². The zero-order chi connectivity index (χ0) is 19.7. The molecule has 2 heterocycles. The molecule has 6 heteroatoms. The zero-order valence-corrected chi connectivity index (χ0v) is 17.6. The first kappa shape index (κ1) is 18.9. The molecule has 28 heavy (non-hydrogen) atoms. The van der Waals surface area contributed by atoms with E-state index in [4.69, 9.17) is 0 Å². The summed E-state index contributed by atoms with van der Waals surface area (Å²) in [7, 11) is 0. The Hall–Kier alpha value is -2.47. The monoisotopic (exact) mass is 394 g/mol. The van der Waals surface area contributed by atoms with Gasteiger partial charge in [0, 0.05) is 23.7 Å². The molecule has 4 rings (SSSR count). The Morgan fingerprint density at radius 1 is 1.18 bits per heavy atom. The van der Waals surface area contributed by atoms with Crippen LogP contribution in [0.5, 0.6) is 0 Å². The topological polar surface area (TPSA) is 50.5 Å². The second-order valence-corrected chi connectivity index (χ2v) is 8.26. The van der Waals surface area contributed by atoms with Crippen LogP contribution in [0.2, 0.25) is 0 Å². The van der Waals surface area contributed by atoms with Gasteiger partial charge in [0.25, 0.3) is 5.56 Å². The molecular formula is C22H26N4OS. The molecule has 0 aliphatic heterocycles. The minimum atomic E-state index is -0.0436. The fourth-order valence-electron chi connectivity index (χ4n) is 3.92. The van der Waals surface area contributed by atoms with Gasteiger partial charge in [-0.05, 0) is 69.7 Å². The fourth-order valence-corrected chi connectivity index (χ4v) is 5.22. The summed E-state index contributed by atoms with van der Waals surface area (Å²) in [6.07, 6.45) is 6.14. The number of anilines is 1. The molecule has 0 N–H and O–H groups in total. The largest absolute Gasteiger partial charge is 0.372 e. The van der Waals surface area contributed by atoms with Crippen LogP contribution in [0, 0.1) is 6.92 Å². The lowest BCUT2D eigenvalue weighted by molar-refractivity contribution is 0.698. The van der Waals surface area contributed by atoms with Crippen LogP contribution < -0.4 is 10.5 Å². The minimum Gasteiger partial charge on any atom is -0.372 e. The van der Waals surface area contributed by atoms with Gasteiger partial charge in [0.1, 0.15) is 10.7 Å². The lowest BCUT2D eigenvalue weighted by atomic mass is 9.97. The molecule has 0 bridgehead atoms. The highest BCUT2D eigenvalue weighted by Gasteiger charge is 2.21. The first-order valence-electron chi connectivity index (χ1n) is 10.1. The molecule has 1 aliphatic rings. The fraction of sp³-hybridized carbons (Fsp3) is 0.409. The molecule has 0 atom stereocenters. The van der Waals surface area contributed by atoms with E-state index in [1.165, 1.54) is 27.2 Å². The van der Waals surface area contributed by atoms with Crippen molar-refractivity contribution >= 4 is 33.5 Å². The molecule has 5 nitrogen and oxygen atoms in total. The van der Waals surface area contributed by atoms with Gasteiger partial charge in [-0.2, -0.15) is 9.78 Å². The maximum atomic E-state index is 13.1. The molecule has 0 fully saturated rings. The molecule has 0 spiro atoms. The van der Waals surface area contributed by atoms with Crippen LogP contribution in [0.1, 0.15) is 48.5 Å². The summed E-state index contributed by atoms with van der Waals surface area (Å²) in [6.45, 7) is 8.12. The third-order valence-electron chi connectivity index (χ3n) is 5.47. The second-order valence-electron chi connectivity index (χ2n) is 7.18. The number of nitrogens with zero attached hydrogens (tertiary/aromatic N) is 4. The van der Waals surface area contributed by atoms with Crippen molar-refractivity contribution in [3.05, 3.63) is 56.4 Å². The first-order chi connectivity index (χ1) is 13.6. The number of aryl methyl sites for hydroxylation is 3. The molecule has 3 aromatic rings. The number of rotatable bonds is 5. The van der Waals surface area contributed by atoms with Crippen molar-refractivity contribution in [2.45, 2.75) is 46.5 Å². The standard InChI is InChI=1S/C22H26N4OS/c1-4-25(5-2)17-12-10-16(11-13-17)14-23-26-15(3)24-21-20(22(26)27)18-8-6-7-9-19(18)28-21/h10-14H,4-9H2,1-3H3. The third kappa shape index (κ3) is 3.37. The quantitative estimate of drug-likeness (QED) is 0.604. The summed E-state index contributed by atoms with van der Waals surface area (Å²) >= 11 is 1.68. The van der Waals surface area contributed by atoms with E-state index < -0.39 is 0 Å². The predicted molar refractivity (Wildman–Crippen MR) is 118 cm³/mol. The van der Waals surface area contributed by atoms with E-state index in [1.807, 2.05) is 19.1 Å². The zero-order valence-electron chi connectivity index (χ0n) is 16.7. The Labute approximate surface area is 169 Å².